The lowest BCUT2D eigenvalue weighted by atomic mass is 10.0. The Labute approximate surface area is 187 Å². The summed E-state index contributed by atoms with van der Waals surface area (Å²) >= 11 is 0. The molecule has 2 atom stereocenters. The van der Waals surface area contributed by atoms with Crippen LogP contribution in [0.4, 0.5) is 0 Å². The Morgan fingerprint density at radius 3 is 2.48 bits per heavy atom. The molecule has 31 heavy (non-hydrogen) atoms. The van der Waals surface area contributed by atoms with Crippen LogP contribution in [-0.4, -0.2) is 40.8 Å². The van der Waals surface area contributed by atoms with Crippen LogP contribution in [-0.2, 0) is 26.9 Å². The van der Waals surface area contributed by atoms with Crippen LogP contribution < -0.4 is 0 Å². The minimum atomic E-state index is -1.31. The molecule has 0 amide bonds. The minimum Gasteiger partial charge on any atom is -0.497 e. The van der Waals surface area contributed by atoms with Crippen LogP contribution in [0.1, 0.15) is 30.4 Å². The molecule has 0 saturated heterocycles. The fraction of sp³-hybridized carbons (Fsp3) is 0.440. The molecular weight excluding hydrogens is 412 g/mol. The molecule has 2 aromatic carbocycles. The van der Waals surface area contributed by atoms with Crippen molar-refractivity contribution in [3.05, 3.63) is 76.4 Å². The molecule has 6 heteroatoms. The highest BCUT2D eigenvalue weighted by Crippen LogP contribution is 2.33. The summed E-state index contributed by atoms with van der Waals surface area (Å²) < 4.78 is 25.3. The molecule has 2 N–H and O–H groups in total. The maximum absolute atomic E-state index is 13.4. The summed E-state index contributed by atoms with van der Waals surface area (Å²) in [5.74, 6) is 0.658. The third-order valence-corrected chi connectivity index (χ3v) is 7.04. The molecule has 0 unspecified atom stereocenters. The van der Waals surface area contributed by atoms with Gasteiger partial charge in [0.1, 0.15) is 5.76 Å². The normalized spacial score (nSPS) is 17.6. The minimum absolute atomic E-state index is 0.0733. The summed E-state index contributed by atoms with van der Waals surface area (Å²) in [7, 11) is -1.31. The van der Waals surface area contributed by atoms with E-state index in [0.29, 0.717) is 39.1 Å². The highest BCUT2D eigenvalue weighted by atomic mass is 32.2. The molecule has 0 fully saturated rings. The van der Waals surface area contributed by atoms with Gasteiger partial charge in [0.05, 0.1) is 35.5 Å². The van der Waals surface area contributed by atoms with Gasteiger partial charge in [-0.15, -0.1) is 0 Å². The Kier molecular flexibility index (Phi) is 9.28. The van der Waals surface area contributed by atoms with Crippen molar-refractivity contribution in [2.75, 3.05) is 26.4 Å². The number of hydrogen-bond acceptors (Lipinski definition) is 5. The third-order valence-electron chi connectivity index (χ3n) is 5.50. The van der Waals surface area contributed by atoms with E-state index < -0.39 is 10.8 Å². The van der Waals surface area contributed by atoms with E-state index in [-0.39, 0.29) is 25.0 Å². The molecule has 0 aromatic heterocycles. The summed E-state index contributed by atoms with van der Waals surface area (Å²) in [5, 5.41) is 18.7. The standard InChI is InChI=1S/C25H32O5S/c1-19-7-10-23(11-8-19)31(28)25-13-22(17-29-16-20-5-3-2-4-6-20)18-30-24(25)12-9-21(14-26)15-27/h2-8,10-11,21-22,26-27H,9,12-18H2,1H3/t22-,31-/m0/s1. The summed E-state index contributed by atoms with van der Waals surface area (Å²) in [4.78, 5) is 1.55. The van der Waals surface area contributed by atoms with Gasteiger partial charge in [-0.2, -0.15) is 0 Å². The first kappa shape index (κ1) is 23.7. The molecule has 0 spiro atoms. The fourth-order valence-corrected chi connectivity index (χ4v) is 4.95. The van der Waals surface area contributed by atoms with E-state index in [9.17, 15) is 14.4 Å². The molecular formula is C25H32O5S. The second-order valence-corrected chi connectivity index (χ2v) is 9.58. The van der Waals surface area contributed by atoms with Crippen molar-refractivity contribution in [3.63, 3.8) is 0 Å². The van der Waals surface area contributed by atoms with Gasteiger partial charge in [-0.25, -0.2) is 4.21 Å². The van der Waals surface area contributed by atoms with Crippen LogP contribution in [0.5, 0.6) is 0 Å². The second-order valence-electron chi connectivity index (χ2n) is 8.08. The summed E-state index contributed by atoms with van der Waals surface area (Å²) in [6, 6.07) is 17.8. The fourth-order valence-electron chi connectivity index (χ4n) is 3.53. The van der Waals surface area contributed by atoms with E-state index >= 15 is 0 Å². The van der Waals surface area contributed by atoms with Gasteiger partial charge in [-0.05, 0) is 37.5 Å². The van der Waals surface area contributed by atoms with Crippen LogP contribution in [0, 0.1) is 18.8 Å². The number of aliphatic hydroxyl groups is 2. The Bertz CT molecular complexity index is 859. The van der Waals surface area contributed by atoms with E-state index in [0.717, 1.165) is 26.7 Å². The van der Waals surface area contributed by atoms with E-state index in [4.69, 9.17) is 9.47 Å². The molecule has 2 aromatic rings. The highest BCUT2D eigenvalue weighted by Gasteiger charge is 2.27. The molecule has 0 radical (unpaired) electrons. The van der Waals surface area contributed by atoms with E-state index in [2.05, 4.69) is 0 Å². The second kappa shape index (κ2) is 12.2. The quantitative estimate of drug-likeness (QED) is 0.549. The number of ether oxygens (including phenoxy) is 2. The zero-order valence-electron chi connectivity index (χ0n) is 18.0. The van der Waals surface area contributed by atoms with Crippen molar-refractivity contribution in [1.82, 2.24) is 0 Å². The monoisotopic (exact) mass is 444 g/mol. The van der Waals surface area contributed by atoms with Crippen LogP contribution in [0.2, 0.25) is 0 Å². The molecule has 0 bridgehead atoms. The number of hydrogen-bond donors (Lipinski definition) is 2. The molecule has 1 aliphatic heterocycles. The van der Waals surface area contributed by atoms with Gasteiger partial charge in [0.15, 0.2) is 0 Å². The average Bonchev–Trinajstić information content (AvgIpc) is 2.81. The average molecular weight is 445 g/mol. The summed E-state index contributed by atoms with van der Waals surface area (Å²) in [5.41, 5.74) is 2.24. The van der Waals surface area contributed by atoms with Gasteiger partial charge in [0.25, 0.3) is 0 Å². The van der Waals surface area contributed by atoms with E-state index in [1.165, 1.54) is 0 Å². The Balaban J connectivity index is 1.69. The van der Waals surface area contributed by atoms with Gasteiger partial charge in [-0.1, -0.05) is 48.0 Å². The molecule has 1 heterocycles. The molecule has 0 aliphatic carbocycles. The van der Waals surface area contributed by atoms with Crippen LogP contribution in [0.3, 0.4) is 0 Å². The zero-order chi connectivity index (χ0) is 22.1. The van der Waals surface area contributed by atoms with Crippen molar-refractivity contribution < 1.29 is 23.9 Å². The Hall–Kier alpha value is -1.99. The van der Waals surface area contributed by atoms with Crippen molar-refractivity contribution in [2.24, 2.45) is 11.8 Å². The van der Waals surface area contributed by atoms with E-state index in [1.54, 1.807) is 0 Å². The maximum Gasteiger partial charge on any atom is 0.108 e. The van der Waals surface area contributed by atoms with Gasteiger partial charge in [-0.3, -0.25) is 0 Å². The number of aliphatic hydroxyl groups excluding tert-OH is 2. The first-order valence-electron chi connectivity index (χ1n) is 10.8. The van der Waals surface area contributed by atoms with Crippen molar-refractivity contribution >= 4 is 10.8 Å². The maximum atomic E-state index is 13.4. The molecule has 0 saturated carbocycles. The van der Waals surface area contributed by atoms with Crippen molar-refractivity contribution in [2.45, 2.75) is 37.7 Å². The Morgan fingerprint density at radius 1 is 1.10 bits per heavy atom. The number of allylic oxidation sites excluding steroid dienone is 2. The Morgan fingerprint density at radius 2 is 1.81 bits per heavy atom. The summed E-state index contributed by atoms with van der Waals surface area (Å²) in [6.07, 6.45) is 1.79. The van der Waals surface area contributed by atoms with Crippen molar-refractivity contribution in [1.29, 1.82) is 0 Å². The largest absolute Gasteiger partial charge is 0.497 e. The van der Waals surface area contributed by atoms with E-state index in [1.807, 2.05) is 61.5 Å². The number of aryl methyl sites for hydroxylation is 1. The SMILES string of the molecule is Cc1ccc([S@](=O)C2=C(CCC(CO)CO)OC[C@H](COCc3ccccc3)C2)cc1. The predicted molar refractivity (Wildman–Crippen MR) is 122 cm³/mol. The highest BCUT2D eigenvalue weighted by molar-refractivity contribution is 7.89. The summed E-state index contributed by atoms with van der Waals surface area (Å²) in [6.45, 7) is 3.45. The molecule has 1 aliphatic rings. The number of rotatable bonds is 11. The van der Waals surface area contributed by atoms with Crippen LogP contribution >= 0.6 is 0 Å². The van der Waals surface area contributed by atoms with Crippen molar-refractivity contribution in [3.8, 4) is 0 Å². The molecule has 3 rings (SSSR count). The van der Waals surface area contributed by atoms with Gasteiger partial charge < -0.3 is 19.7 Å². The zero-order valence-corrected chi connectivity index (χ0v) is 18.9. The molecule has 168 valence electrons. The lowest BCUT2D eigenvalue weighted by Gasteiger charge is -2.28. The van der Waals surface area contributed by atoms with Gasteiger partial charge >= 0.3 is 0 Å². The van der Waals surface area contributed by atoms with Gasteiger partial charge in [0, 0.05) is 36.4 Å². The lowest BCUT2D eigenvalue weighted by Crippen LogP contribution is -2.24. The first-order valence-corrected chi connectivity index (χ1v) is 11.9. The van der Waals surface area contributed by atoms with Gasteiger partial charge in [0.2, 0.25) is 0 Å². The molecule has 5 nitrogen and oxygen atoms in total. The number of benzene rings is 2. The smallest absolute Gasteiger partial charge is 0.108 e. The first-order chi connectivity index (χ1) is 15.1. The lowest BCUT2D eigenvalue weighted by molar-refractivity contribution is 0.0408. The van der Waals surface area contributed by atoms with Crippen LogP contribution in [0.15, 0.2) is 70.2 Å². The van der Waals surface area contributed by atoms with Crippen LogP contribution in [0.25, 0.3) is 0 Å². The topological polar surface area (TPSA) is 76.0 Å². The predicted octanol–water partition coefficient (Wildman–Crippen LogP) is 3.95. The third kappa shape index (κ3) is 7.01.